The second-order valence-corrected chi connectivity index (χ2v) is 7.28. The van der Waals surface area contributed by atoms with Gasteiger partial charge in [-0.05, 0) is 31.0 Å². The van der Waals surface area contributed by atoms with Crippen LogP contribution in [-0.2, 0) is 10.0 Å². The summed E-state index contributed by atoms with van der Waals surface area (Å²) in [6, 6.07) is 5.29. The van der Waals surface area contributed by atoms with E-state index in [2.05, 4.69) is 12.2 Å². The Kier molecular flexibility index (Phi) is 7.12. The fourth-order valence-electron chi connectivity index (χ4n) is 2.75. The lowest BCUT2D eigenvalue weighted by molar-refractivity contribution is 0.253. The van der Waals surface area contributed by atoms with Crippen LogP contribution < -0.4 is 10.1 Å². The average molecular weight is 349 g/mol. The van der Waals surface area contributed by atoms with Crippen LogP contribution in [0.4, 0.5) is 0 Å². The Balaban J connectivity index is 0.00000242. The fraction of sp³-hybridized carbons (Fsp3) is 0.600. The fourth-order valence-corrected chi connectivity index (χ4v) is 4.65. The number of methoxy groups -OCH3 is 1. The third kappa shape index (κ3) is 3.93. The van der Waals surface area contributed by atoms with Crippen molar-refractivity contribution < 1.29 is 13.2 Å². The van der Waals surface area contributed by atoms with Gasteiger partial charge in [0.2, 0.25) is 10.0 Å². The second kappa shape index (κ2) is 8.15. The van der Waals surface area contributed by atoms with Gasteiger partial charge in [0.15, 0.2) is 0 Å². The Morgan fingerprint density at radius 3 is 2.77 bits per heavy atom. The summed E-state index contributed by atoms with van der Waals surface area (Å²) in [5.41, 5.74) is 0.913. The maximum absolute atomic E-state index is 13.0. The summed E-state index contributed by atoms with van der Waals surface area (Å²) in [6.45, 7) is 5.87. The third-order valence-electron chi connectivity index (χ3n) is 3.82. The van der Waals surface area contributed by atoms with Crippen molar-refractivity contribution in [2.24, 2.45) is 0 Å². The Labute approximate surface area is 139 Å². The summed E-state index contributed by atoms with van der Waals surface area (Å²) < 4.78 is 32.9. The molecule has 0 aromatic heterocycles. The maximum Gasteiger partial charge on any atom is 0.247 e. The van der Waals surface area contributed by atoms with Gasteiger partial charge in [0.05, 0.1) is 7.11 Å². The zero-order chi connectivity index (χ0) is 15.5. The first-order valence-corrected chi connectivity index (χ1v) is 8.82. The molecule has 1 unspecified atom stereocenters. The highest BCUT2D eigenvalue weighted by atomic mass is 35.5. The number of piperazine rings is 1. The molecule has 1 fully saturated rings. The zero-order valence-corrected chi connectivity index (χ0v) is 15.0. The van der Waals surface area contributed by atoms with E-state index in [0.717, 1.165) is 18.4 Å². The zero-order valence-electron chi connectivity index (χ0n) is 13.3. The molecular formula is C15H25ClN2O3S. The van der Waals surface area contributed by atoms with Gasteiger partial charge in [-0.15, -0.1) is 12.4 Å². The van der Waals surface area contributed by atoms with Gasteiger partial charge >= 0.3 is 0 Å². The quantitative estimate of drug-likeness (QED) is 0.886. The van der Waals surface area contributed by atoms with E-state index in [1.807, 2.05) is 13.0 Å². The highest BCUT2D eigenvalue weighted by molar-refractivity contribution is 7.89. The van der Waals surface area contributed by atoms with Gasteiger partial charge in [-0.2, -0.15) is 4.31 Å². The van der Waals surface area contributed by atoms with Gasteiger partial charge in [-0.25, -0.2) is 8.42 Å². The van der Waals surface area contributed by atoms with E-state index in [-0.39, 0.29) is 23.3 Å². The molecule has 1 aliphatic rings. The summed E-state index contributed by atoms with van der Waals surface area (Å²) in [6.07, 6.45) is 1.82. The SMILES string of the molecule is CCCC1CNCCN1S(=O)(=O)c1cc(C)ccc1OC.Cl. The molecule has 1 aromatic rings. The number of hydrogen-bond donors (Lipinski definition) is 1. The van der Waals surface area contributed by atoms with E-state index in [9.17, 15) is 8.42 Å². The third-order valence-corrected chi connectivity index (χ3v) is 5.80. The number of nitrogens with one attached hydrogen (secondary N) is 1. The molecule has 7 heteroatoms. The molecule has 0 amide bonds. The van der Waals surface area contributed by atoms with E-state index in [0.29, 0.717) is 25.4 Å². The highest BCUT2D eigenvalue weighted by Gasteiger charge is 2.34. The summed E-state index contributed by atoms with van der Waals surface area (Å²) in [7, 11) is -2.03. The Morgan fingerprint density at radius 2 is 2.14 bits per heavy atom. The topological polar surface area (TPSA) is 58.6 Å². The van der Waals surface area contributed by atoms with Crippen LogP contribution in [0.3, 0.4) is 0 Å². The number of sulfonamides is 1. The minimum atomic E-state index is -3.53. The van der Waals surface area contributed by atoms with Crippen molar-refractivity contribution in [2.45, 2.75) is 37.6 Å². The molecule has 0 saturated carbocycles. The molecule has 0 spiro atoms. The number of aryl methyl sites for hydroxylation is 1. The molecule has 2 rings (SSSR count). The first-order valence-electron chi connectivity index (χ1n) is 7.38. The molecule has 1 atom stereocenters. The molecule has 0 aliphatic carbocycles. The molecule has 126 valence electrons. The van der Waals surface area contributed by atoms with E-state index in [1.54, 1.807) is 16.4 Å². The minimum absolute atomic E-state index is 0. The first kappa shape index (κ1) is 19.2. The van der Waals surface area contributed by atoms with Crippen molar-refractivity contribution in [3.05, 3.63) is 23.8 Å². The largest absolute Gasteiger partial charge is 0.495 e. The second-order valence-electron chi connectivity index (χ2n) is 5.42. The van der Waals surface area contributed by atoms with Crippen LogP contribution in [0.25, 0.3) is 0 Å². The molecule has 0 bridgehead atoms. The average Bonchev–Trinajstić information content (AvgIpc) is 2.48. The molecular weight excluding hydrogens is 324 g/mol. The molecule has 1 aliphatic heterocycles. The smallest absolute Gasteiger partial charge is 0.247 e. The van der Waals surface area contributed by atoms with Crippen molar-refractivity contribution in [1.82, 2.24) is 9.62 Å². The predicted octanol–water partition coefficient (Wildman–Crippen LogP) is 2.19. The van der Waals surface area contributed by atoms with Gasteiger partial charge in [-0.1, -0.05) is 19.4 Å². The number of halogens is 1. The summed E-state index contributed by atoms with van der Waals surface area (Å²) in [5.74, 6) is 0.411. The maximum atomic E-state index is 13.0. The molecule has 0 radical (unpaired) electrons. The monoisotopic (exact) mass is 348 g/mol. The minimum Gasteiger partial charge on any atom is -0.495 e. The lowest BCUT2D eigenvalue weighted by Gasteiger charge is -2.35. The van der Waals surface area contributed by atoms with Gasteiger partial charge in [-0.3, -0.25) is 0 Å². The number of benzene rings is 1. The van der Waals surface area contributed by atoms with E-state index < -0.39 is 10.0 Å². The van der Waals surface area contributed by atoms with Gasteiger partial charge in [0.25, 0.3) is 0 Å². The van der Waals surface area contributed by atoms with E-state index in [4.69, 9.17) is 4.74 Å². The number of hydrogen-bond acceptors (Lipinski definition) is 4. The van der Waals surface area contributed by atoms with E-state index >= 15 is 0 Å². The van der Waals surface area contributed by atoms with Crippen molar-refractivity contribution in [1.29, 1.82) is 0 Å². The van der Waals surface area contributed by atoms with Crippen LogP contribution >= 0.6 is 12.4 Å². The molecule has 22 heavy (non-hydrogen) atoms. The molecule has 1 saturated heterocycles. The first-order chi connectivity index (χ1) is 10.0. The van der Waals surface area contributed by atoms with Gasteiger partial charge < -0.3 is 10.1 Å². The van der Waals surface area contributed by atoms with Crippen LogP contribution in [0.1, 0.15) is 25.3 Å². The van der Waals surface area contributed by atoms with Crippen LogP contribution in [0.15, 0.2) is 23.1 Å². The van der Waals surface area contributed by atoms with Crippen molar-refractivity contribution >= 4 is 22.4 Å². The summed E-state index contributed by atoms with van der Waals surface area (Å²) >= 11 is 0. The normalized spacial score (nSPS) is 19.5. The molecule has 1 heterocycles. The number of rotatable bonds is 5. The standard InChI is InChI=1S/C15H24N2O3S.ClH/c1-4-5-13-11-16-8-9-17(13)21(18,19)15-10-12(2)6-7-14(15)20-3;/h6-7,10,13,16H,4-5,8-9,11H2,1-3H3;1H. The van der Waals surface area contributed by atoms with Gasteiger partial charge in [0.1, 0.15) is 10.6 Å². The van der Waals surface area contributed by atoms with Crippen molar-refractivity contribution in [3.63, 3.8) is 0 Å². The molecule has 1 aromatic carbocycles. The van der Waals surface area contributed by atoms with Crippen LogP contribution in [0.2, 0.25) is 0 Å². The summed E-state index contributed by atoms with van der Waals surface area (Å²) in [5, 5.41) is 3.28. The Morgan fingerprint density at radius 1 is 1.41 bits per heavy atom. The van der Waals surface area contributed by atoms with Crippen molar-refractivity contribution in [2.75, 3.05) is 26.7 Å². The lowest BCUT2D eigenvalue weighted by Crippen LogP contribution is -2.53. The van der Waals surface area contributed by atoms with Crippen LogP contribution in [0, 0.1) is 6.92 Å². The number of ether oxygens (including phenoxy) is 1. The van der Waals surface area contributed by atoms with E-state index in [1.165, 1.54) is 7.11 Å². The Bertz CT molecular complexity index is 590. The van der Waals surface area contributed by atoms with Crippen LogP contribution in [-0.4, -0.2) is 45.5 Å². The Hall–Kier alpha value is -0.820. The van der Waals surface area contributed by atoms with Gasteiger partial charge in [0, 0.05) is 25.7 Å². The molecule has 1 N–H and O–H groups in total. The van der Waals surface area contributed by atoms with Crippen molar-refractivity contribution in [3.8, 4) is 5.75 Å². The predicted molar refractivity (Wildman–Crippen MR) is 90.4 cm³/mol. The summed E-state index contributed by atoms with van der Waals surface area (Å²) in [4.78, 5) is 0.271. The highest BCUT2D eigenvalue weighted by Crippen LogP contribution is 2.29. The number of nitrogens with zero attached hydrogens (tertiary/aromatic N) is 1. The molecule has 5 nitrogen and oxygen atoms in total. The lowest BCUT2D eigenvalue weighted by atomic mass is 10.1. The van der Waals surface area contributed by atoms with Crippen LogP contribution in [0.5, 0.6) is 5.75 Å².